The Labute approximate surface area is 121 Å². The first-order valence-corrected chi connectivity index (χ1v) is 6.97. The summed E-state index contributed by atoms with van der Waals surface area (Å²) in [5.41, 5.74) is 1.11. The minimum atomic E-state index is -0.579. The van der Waals surface area contributed by atoms with Crippen LogP contribution in [0.15, 0.2) is 30.5 Å². The van der Waals surface area contributed by atoms with Gasteiger partial charge >= 0.3 is 0 Å². The largest absolute Gasteiger partial charge is 0.354 e. The first kappa shape index (κ1) is 12.3. The van der Waals surface area contributed by atoms with Gasteiger partial charge in [0.05, 0.1) is 22.6 Å². The van der Waals surface area contributed by atoms with Crippen LogP contribution < -0.4 is 10.2 Å². The molecule has 2 amide bonds. The maximum absolute atomic E-state index is 12.0. The van der Waals surface area contributed by atoms with Crippen molar-refractivity contribution in [2.75, 3.05) is 18.0 Å². The minimum Gasteiger partial charge on any atom is -0.354 e. The fourth-order valence-electron chi connectivity index (χ4n) is 3.19. The Bertz CT molecular complexity index is 760. The van der Waals surface area contributed by atoms with E-state index >= 15 is 0 Å². The maximum atomic E-state index is 12.0. The highest BCUT2D eigenvalue weighted by molar-refractivity contribution is 6.06. The number of amides is 2. The average molecular weight is 282 g/mol. The normalized spacial score (nSPS) is 25.0. The van der Waals surface area contributed by atoms with Crippen LogP contribution in [0.3, 0.4) is 0 Å². The number of para-hydroxylation sites is 2. The van der Waals surface area contributed by atoms with E-state index in [-0.39, 0.29) is 18.2 Å². The van der Waals surface area contributed by atoms with Gasteiger partial charge in [-0.15, -0.1) is 0 Å². The summed E-state index contributed by atoms with van der Waals surface area (Å²) in [5, 5.41) is 2.41. The first-order chi connectivity index (χ1) is 10.2. The predicted molar refractivity (Wildman–Crippen MR) is 76.6 cm³/mol. The first-order valence-electron chi connectivity index (χ1n) is 6.97. The summed E-state index contributed by atoms with van der Waals surface area (Å²) in [5.74, 6) is 0.438. The van der Waals surface area contributed by atoms with Crippen molar-refractivity contribution in [2.24, 2.45) is 5.41 Å². The summed E-state index contributed by atoms with van der Waals surface area (Å²) in [6.45, 7) is 1.24. The Morgan fingerprint density at radius 2 is 2.00 bits per heavy atom. The Hall–Kier alpha value is -2.50. The van der Waals surface area contributed by atoms with Gasteiger partial charge in [-0.1, -0.05) is 12.1 Å². The van der Waals surface area contributed by atoms with Crippen LogP contribution in [0.5, 0.6) is 0 Å². The summed E-state index contributed by atoms with van der Waals surface area (Å²) in [6.07, 6.45) is 2.69. The molecule has 2 aliphatic heterocycles. The Kier molecular flexibility index (Phi) is 2.48. The lowest BCUT2D eigenvalue weighted by Crippen LogP contribution is -2.34. The van der Waals surface area contributed by atoms with Gasteiger partial charge < -0.3 is 4.90 Å². The van der Waals surface area contributed by atoms with Crippen molar-refractivity contribution >= 4 is 28.7 Å². The lowest BCUT2D eigenvalue weighted by Gasteiger charge is -2.21. The maximum Gasteiger partial charge on any atom is 0.235 e. The molecule has 0 unspecified atom stereocenters. The molecule has 1 aromatic carbocycles. The van der Waals surface area contributed by atoms with Crippen molar-refractivity contribution < 1.29 is 9.59 Å². The summed E-state index contributed by atoms with van der Waals surface area (Å²) in [4.78, 5) is 34.5. The fraction of sp³-hybridized carbons (Fsp3) is 0.333. The van der Waals surface area contributed by atoms with E-state index < -0.39 is 5.41 Å². The quantitative estimate of drug-likeness (QED) is 0.786. The van der Waals surface area contributed by atoms with E-state index in [1.807, 2.05) is 29.2 Å². The molecule has 1 N–H and O–H groups in total. The number of nitrogens with zero attached hydrogens (tertiary/aromatic N) is 3. The fourth-order valence-corrected chi connectivity index (χ4v) is 3.19. The molecule has 6 heteroatoms. The second-order valence-electron chi connectivity index (χ2n) is 5.72. The van der Waals surface area contributed by atoms with Gasteiger partial charge in [-0.3, -0.25) is 19.9 Å². The molecule has 4 rings (SSSR count). The molecule has 0 bridgehead atoms. The highest BCUT2D eigenvalue weighted by Crippen LogP contribution is 2.39. The molecule has 2 fully saturated rings. The topological polar surface area (TPSA) is 75.2 Å². The Morgan fingerprint density at radius 3 is 2.76 bits per heavy atom. The number of aromatic nitrogens is 2. The summed E-state index contributed by atoms with van der Waals surface area (Å²) >= 11 is 0. The van der Waals surface area contributed by atoms with Crippen molar-refractivity contribution in [1.82, 2.24) is 15.3 Å². The van der Waals surface area contributed by atoms with Crippen LogP contribution in [0.25, 0.3) is 11.0 Å². The van der Waals surface area contributed by atoms with Crippen LogP contribution in [0, 0.1) is 5.41 Å². The second kappa shape index (κ2) is 4.25. The standard InChI is InChI=1S/C15H14N4O2/c20-13-7-15(14(21)18-13)5-6-19(9-15)12-8-16-10-3-1-2-4-11(10)17-12/h1-4,8H,5-7,9H2,(H,18,20,21)/t15-/m0/s1. The molecule has 106 valence electrons. The van der Waals surface area contributed by atoms with E-state index in [9.17, 15) is 9.59 Å². The highest BCUT2D eigenvalue weighted by atomic mass is 16.2. The van der Waals surface area contributed by atoms with E-state index in [1.54, 1.807) is 6.20 Å². The zero-order chi connectivity index (χ0) is 14.4. The second-order valence-corrected chi connectivity index (χ2v) is 5.72. The van der Waals surface area contributed by atoms with Gasteiger partial charge in [0.15, 0.2) is 0 Å². The molecule has 0 radical (unpaired) electrons. The molecule has 1 spiro atoms. The van der Waals surface area contributed by atoms with Crippen LogP contribution >= 0.6 is 0 Å². The Balaban J connectivity index is 1.65. The van der Waals surface area contributed by atoms with Crippen molar-refractivity contribution in [3.63, 3.8) is 0 Å². The van der Waals surface area contributed by atoms with Crippen molar-refractivity contribution in [1.29, 1.82) is 0 Å². The van der Waals surface area contributed by atoms with E-state index in [1.165, 1.54) is 0 Å². The van der Waals surface area contributed by atoms with Gasteiger partial charge in [0.25, 0.3) is 0 Å². The van der Waals surface area contributed by atoms with Gasteiger partial charge in [0.1, 0.15) is 5.82 Å². The minimum absolute atomic E-state index is 0.149. The number of benzene rings is 1. The molecule has 2 aliphatic rings. The third-order valence-electron chi connectivity index (χ3n) is 4.35. The number of hydrogen-bond donors (Lipinski definition) is 1. The lowest BCUT2D eigenvalue weighted by molar-refractivity contribution is -0.127. The molecule has 2 saturated heterocycles. The van der Waals surface area contributed by atoms with Crippen molar-refractivity contribution in [2.45, 2.75) is 12.8 Å². The molecule has 6 nitrogen and oxygen atoms in total. The van der Waals surface area contributed by atoms with Crippen LogP contribution in [0.1, 0.15) is 12.8 Å². The Morgan fingerprint density at radius 1 is 1.19 bits per heavy atom. The molecule has 0 saturated carbocycles. The number of anilines is 1. The SMILES string of the molecule is O=C1C[C@]2(CCN(c3cnc4ccccc4n3)C2)C(=O)N1. The predicted octanol–water partition coefficient (Wildman–Crippen LogP) is 0.873. The number of rotatable bonds is 1. The number of imide groups is 1. The third-order valence-corrected chi connectivity index (χ3v) is 4.35. The van der Waals surface area contributed by atoms with E-state index in [0.29, 0.717) is 19.5 Å². The van der Waals surface area contributed by atoms with Gasteiger partial charge in [-0.2, -0.15) is 0 Å². The number of carbonyl (C=O) groups is 2. The van der Waals surface area contributed by atoms with Gasteiger partial charge in [-0.05, 0) is 18.6 Å². The zero-order valence-electron chi connectivity index (χ0n) is 11.4. The number of hydrogen-bond acceptors (Lipinski definition) is 5. The zero-order valence-corrected chi connectivity index (χ0v) is 11.4. The molecule has 0 aliphatic carbocycles. The summed E-state index contributed by atoms with van der Waals surface area (Å²) in [6, 6.07) is 7.69. The van der Waals surface area contributed by atoms with Crippen molar-refractivity contribution in [3.8, 4) is 0 Å². The average Bonchev–Trinajstić information content (AvgIpc) is 3.03. The number of fused-ring (bicyclic) bond motifs is 1. The molecule has 2 aromatic rings. The third kappa shape index (κ3) is 1.86. The number of nitrogens with one attached hydrogen (secondary N) is 1. The van der Waals surface area contributed by atoms with Crippen LogP contribution in [0.2, 0.25) is 0 Å². The van der Waals surface area contributed by atoms with Crippen LogP contribution in [-0.4, -0.2) is 34.9 Å². The molecule has 1 aromatic heterocycles. The smallest absolute Gasteiger partial charge is 0.235 e. The number of carbonyl (C=O) groups excluding carboxylic acids is 2. The molecule has 3 heterocycles. The van der Waals surface area contributed by atoms with Gasteiger partial charge in [-0.25, -0.2) is 4.98 Å². The van der Waals surface area contributed by atoms with Crippen molar-refractivity contribution in [3.05, 3.63) is 30.5 Å². The van der Waals surface area contributed by atoms with E-state index in [2.05, 4.69) is 15.3 Å². The van der Waals surface area contributed by atoms with Crippen LogP contribution in [-0.2, 0) is 9.59 Å². The van der Waals surface area contributed by atoms with Gasteiger partial charge in [0, 0.05) is 19.5 Å². The van der Waals surface area contributed by atoms with E-state index in [0.717, 1.165) is 16.9 Å². The van der Waals surface area contributed by atoms with Gasteiger partial charge in [0.2, 0.25) is 11.8 Å². The molecule has 21 heavy (non-hydrogen) atoms. The van der Waals surface area contributed by atoms with Crippen LogP contribution in [0.4, 0.5) is 5.82 Å². The summed E-state index contributed by atoms with van der Waals surface area (Å²) in [7, 11) is 0. The highest BCUT2D eigenvalue weighted by Gasteiger charge is 2.51. The molecular formula is C15H14N4O2. The van der Waals surface area contributed by atoms with E-state index in [4.69, 9.17) is 0 Å². The molecule has 1 atom stereocenters. The monoisotopic (exact) mass is 282 g/mol. The molecular weight excluding hydrogens is 268 g/mol. The lowest BCUT2D eigenvalue weighted by atomic mass is 9.85. The summed E-state index contributed by atoms with van der Waals surface area (Å²) < 4.78 is 0.